The van der Waals surface area contributed by atoms with Gasteiger partial charge in [0.1, 0.15) is 5.75 Å². The Hall–Kier alpha value is -2.41. The lowest BCUT2D eigenvalue weighted by molar-refractivity contribution is -0.130. The Morgan fingerprint density at radius 2 is 1.97 bits per heavy atom. The van der Waals surface area contributed by atoms with Gasteiger partial charge in [-0.1, -0.05) is 42.0 Å². The lowest BCUT2D eigenvalue weighted by atomic mass is 9.73. The topological polar surface area (TPSA) is 71.6 Å². The first kappa shape index (κ1) is 20.8. The summed E-state index contributed by atoms with van der Waals surface area (Å²) in [4.78, 5) is 13.5. The van der Waals surface area contributed by atoms with Crippen molar-refractivity contribution in [1.29, 1.82) is 0 Å². The van der Waals surface area contributed by atoms with Gasteiger partial charge in [0.25, 0.3) is 0 Å². The lowest BCUT2D eigenvalue weighted by Gasteiger charge is -2.37. The molecule has 0 aliphatic carbocycles. The van der Waals surface area contributed by atoms with E-state index in [2.05, 4.69) is 53.4 Å². The second kappa shape index (κ2) is 9.16. The molecule has 3 N–H and O–H groups in total. The summed E-state index contributed by atoms with van der Waals surface area (Å²) < 4.78 is 10.9. The van der Waals surface area contributed by atoms with Crippen LogP contribution in [0.2, 0.25) is 0 Å². The Morgan fingerprint density at radius 1 is 1.20 bits per heavy atom. The number of ether oxygens (including phenoxy) is 2. The summed E-state index contributed by atoms with van der Waals surface area (Å²) in [5.74, 6) is 1.21. The molecule has 0 saturated carbocycles. The molecule has 6 heteroatoms. The summed E-state index contributed by atoms with van der Waals surface area (Å²) >= 11 is 0. The average Bonchev–Trinajstić information content (AvgIpc) is 3.26. The predicted molar refractivity (Wildman–Crippen MR) is 116 cm³/mol. The van der Waals surface area contributed by atoms with E-state index in [9.17, 15) is 4.79 Å². The number of nitrogens with one attached hydrogen (secondary N) is 3. The molecule has 0 spiro atoms. The van der Waals surface area contributed by atoms with Crippen LogP contribution in [0.1, 0.15) is 35.6 Å². The molecular weight excluding hydrogens is 378 g/mol. The molecule has 2 aromatic rings. The van der Waals surface area contributed by atoms with Crippen LogP contribution in [0.5, 0.6) is 5.75 Å². The molecule has 4 rings (SSSR count). The van der Waals surface area contributed by atoms with Crippen molar-refractivity contribution in [2.24, 2.45) is 5.92 Å². The quantitative estimate of drug-likeness (QED) is 0.684. The molecule has 0 radical (unpaired) electrons. The molecule has 0 bridgehead atoms. The minimum Gasteiger partial charge on any atom is -0.497 e. The summed E-state index contributed by atoms with van der Waals surface area (Å²) in [6, 6.07) is 16.6. The number of carbonyl (C=O) groups is 1. The molecule has 2 saturated heterocycles. The molecule has 6 nitrogen and oxygen atoms in total. The largest absolute Gasteiger partial charge is 0.497 e. The maximum Gasteiger partial charge on any atom is 0.230 e. The Bertz CT molecular complexity index is 862. The van der Waals surface area contributed by atoms with Gasteiger partial charge in [-0.05, 0) is 43.0 Å². The van der Waals surface area contributed by atoms with Crippen molar-refractivity contribution in [3.05, 3.63) is 65.2 Å². The fourth-order valence-electron chi connectivity index (χ4n) is 4.59. The van der Waals surface area contributed by atoms with E-state index in [1.165, 1.54) is 11.1 Å². The first-order valence-electron chi connectivity index (χ1n) is 10.7. The number of carbonyl (C=O) groups excluding carboxylic acids is 1. The van der Waals surface area contributed by atoms with Crippen LogP contribution in [0.4, 0.5) is 0 Å². The molecule has 2 fully saturated rings. The van der Waals surface area contributed by atoms with Crippen LogP contribution in [0.15, 0.2) is 48.5 Å². The zero-order valence-electron chi connectivity index (χ0n) is 17.7. The van der Waals surface area contributed by atoms with Gasteiger partial charge in [-0.25, -0.2) is 5.43 Å². The first-order chi connectivity index (χ1) is 14.6. The summed E-state index contributed by atoms with van der Waals surface area (Å²) in [6.07, 6.45) is 1.43. The maximum atomic E-state index is 13.5. The van der Waals surface area contributed by atoms with Crippen LogP contribution in [0, 0.1) is 12.8 Å². The normalized spacial score (nSPS) is 23.1. The first-order valence-corrected chi connectivity index (χ1v) is 10.7. The van der Waals surface area contributed by atoms with E-state index in [4.69, 9.17) is 9.47 Å². The van der Waals surface area contributed by atoms with Crippen molar-refractivity contribution in [3.8, 4) is 5.75 Å². The van der Waals surface area contributed by atoms with Crippen molar-refractivity contribution < 1.29 is 14.3 Å². The van der Waals surface area contributed by atoms with Crippen LogP contribution >= 0.6 is 0 Å². The predicted octanol–water partition coefficient (Wildman–Crippen LogP) is 2.63. The fourth-order valence-corrected chi connectivity index (χ4v) is 4.59. The molecule has 1 amide bonds. The van der Waals surface area contributed by atoms with Crippen molar-refractivity contribution in [2.45, 2.75) is 31.2 Å². The van der Waals surface area contributed by atoms with Crippen molar-refractivity contribution in [1.82, 2.24) is 16.2 Å². The third-order valence-electron chi connectivity index (χ3n) is 6.44. The summed E-state index contributed by atoms with van der Waals surface area (Å²) in [6.45, 7) is 4.72. The molecule has 30 heavy (non-hydrogen) atoms. The monoisotopic (exact) mass is 409 g/mol. The zero-order valence-corrected chi connectivity index (χ0v) is 17.7. The van der Waals surface area contributed by atoms with E-state index in [1.54, 1.807) is 7.11 Å². The van der Waals surface area contributed by atoms with Gasteiger partial charge in [-0.2, -0.15) is 0 Å². The zero-order chi connectivity index (χ0) is 21.0. The number of amides is 1. The van der Waals surface area contributed by atoms with Gasteiger partial charge in [0.15, 0.2) is 0 Å². The van der Waals surface area contributed by atoms with Crippen molar-refractivity contribution >= 4 is 5.91 Å². The van der Waals surface area contributed by atoms with Gasteiger partial charge < -0.3 is 14.8 Å². The molecular formula is C24H31N3O3. The van der Waals surface area contributed by atoms with E-state index in [-0.39, 0.29) is 17.9 Å². The van der Waals surface area contributed by atoms with Crippen LogP contribution < -0.4 is 20.9 Å². The van der Waals surface area contributed by atoms with Crippen LogP contribution in [-0.2, 0) is 14.9 Å². The lowest BCUT2D eigenvalue weighted by Crippen LogP contribution is -2.49. The van der Waals surface area contributed by atoms with Crippen LogP contribution in [0.25, 0.3) is 0 Å². The summed E-state index contributed by atoms with van der Waals surface area (Å²) in [5, 5.41) is 3.28. The number of hydrazine groups is 1. The SMILES string of the molecule is COc1ccc(C2NNCC2CNC(=O)C2(c3cccc(C)c3)CCOCC2)cc1. The second-order valence-corrected chi connectivity index (χ2v) is 8.31. The number of hydrogen-bond donors (Lipinski definition) is 3. The minimum atomic E-state index is -0.515. The van der Waals surface area contributed by atoms with E-state index >= 15 is 0 Å². The van der Waals surface area contributed by atoms with Gasteiger partial charge in [-0.15, -0.1) is 0 Å². The number of hydrogen-bond acceptors (Lipinski definition) is 5. The van der Waals surface area contributed by atoms with E-state index < -0.39 is 5.41 Å². The van der Waals surface area contributed by atoms with Crippen LogP contribution in [-0.4, -0.2) is 39.3 Å². The highest BCUT2D eigenvalue weighted by molar-refractivity contribution is 5.88. The molecule has 2 aliphatic rings. The average molecular weight is 410 g/mol. The van der Waals surface area contributed by atoms with Crippen molar-refractivity contribution in [2.75, 3.05) is 33.4 Å². The minimum absolute atomic E-state index is 0.108. The summed E-state index contributed by atoms with van der Waals surface area (Å²) in [5.41, 5.74) is 9.54. The van der Waals surface area contributed by atoms with E-state index in [1.807, 2.05) is 18.2 Å². The number of aryl methyl sites for hydroxylation is 1. The Morgan fingerprint density at radius 3 is 2.67 bits per heavy atom. The smallest absolute Gasteiger partial charge is 0.230 e. The molecule has 2 aliphatic heterocycles. The van der Waals surface area contributed by atoms with Gasteiger partial charge in [0.2, 0.25) is 5.91 Å². The number of rotatable bonds is 6. The highest BCUT2D eigenvalue weighted by atomic mass is 16.5. The highest BCUT2D eigenvalue weighted by Gasteiger charge is 2.42. The van der Waals surface area contributed by atoms with Crippen molar-refractivity contribution in [3.63, 3.8) is 0 Å². The third-order valence-corrected chi connectivity index (χ3v) is 6.44. The molecule has 2 heterocycles. The highest BCUT2D eigenvalue weighted by Crippen LogP contribution is 2.36. The van der Waals surface area contributed by atoms with Gasteiger partial charge in [-0.3, -0.25) is 10.2 Å². The molecule has 2 unspecified atom stereocenters. The van der Waals surface area contributed by atoms with E-state index in [0.717, 1.165) is 17.9 Å². The standard InChI is InChI=1S/C24H31N3O3/c1-17-4-3-5-20(14-17)24(10-12-30-13-11-24)23(28)25-15-19-16-26-27-22(19)18-6-8-21(29-2)9-7-18/h3-9,14,19,22,26-27H,10-13,15-16H2,1-2H3,(H,25,28). The molecule has 2 atom stereocenters. The number of methoxy groups -OCH3 is 1. The Labute approximate surface area is 178 Å². The number of benzene rings is 2. The fraction of sp³-hybridized carbons (Fsp3) is 0.458. The summed E-state index contributed by atoms with van der Waals surface area (Å²) in [7, 11) is 1.67. The second-order valence-electron chi connectivity index (χ2n) is 8.31. The van der Waals surface area contributed by atoms with Gasteiger partial charge >= 0.3 is 0 Å². The molecule has 2 aromatic carbocycles. The van der Waals surface area contributed by atoms with Gasteiger partial charge in [0.05, 0.1) is 18.6 Å². The Kier molecular flexibility index (Phi) is 6.37. The molecule has 0 aromatic heterocycles. The van der Waals surface area contributed by atoms with Gasteiger partial charge in [0, 0.05) is 32.2 Å². The molecule has 160 valence electrons. The Balaban J connectivity index is 1.47. The van der Waals surface area contributed by atoms with E-state index in [0.29, 0.717) is 32.6 Å². The van der Waals surface area contributed by atoms with Crippen LogP contribution in [0.3, 0.4) is 0 Å². The maximum absolute atomic E-state index is 13.5. The third kappa shape index (κ3) is 4.21.